The van der Waals surface area contributed by atoms with E-state index >= 15 is 0 Å². The highest BCUT2D eigenvalue weighted by atomic mass is 32.1. The second-order valence-electron chi connectivity index (χ2n) is 6.48. The number of nitrogens with zero attached hydrogens (tertiary/aromatic N) is 1. The maximum atomic E-state index is 13.1. The molecule has 150 valence electrons. The lowest BCUT2D eigenvalue weighted by atomic mass is 10.1. The minimum absolute atomic E-state index is 0.00612. The van der Waals surface area contributed by atoms with Crippen LogP contribution in [0.15, 0.2) is 70.8 Å². The zero-order chi connectivity index (χ0) is 21.3. The van der Waals surface area contributed by atoms with E-state index in [1.165, 1.54) is 35.2 Å². The lowest BCUT2D eigenvalue weighted by Crippen LogP contribution is -2.27. The van der Waals surface area contributed by atoms with Crippen LogP contribution in [0, 0.1) is 5.82 Å². The molecule has 8 heteroatoms. The van der Waals surface area contributed by atoms with Crippen LogP contribution in [-0.2, 0) is 16.1 Å². The molecule has 0 unspecified atom stereocenters. The van der Waals surface area contributed by atoms with Crippen LogP contribution in [0.5, 0.6) is 0 Å². The first kappa shape index (κ1) is 19.5. The molecule has 1 saturated heterocycles. The highest BCUT2D eigenvalue weighted by molar-refractivity contribution is 7.80. The van der Waals surface area contributed by atoms with Crippen molar-refractivity contribution < 1.29 is 28.2 Å². The first-order valence-electron chi connectivity index (χ1n) is 8.84. The van der Waals surface area contributed by atoms with Gasteiger partial charge in [-0.3, -0.25) is 9.69 Å². The fraction of sp³-hybridized carbons (Fsp3) is 0.0455. The summed E-state index contributed by atoms with van der Waals surface area (Å²) in [6, 6.07) is 15.4. The van der Waals surface area contributed by atoms with Crippen molar-refractivity contribution in [2.45, 2.75) is 6.54 Å². The predicted octanol–water partition coefficient (Wildman–Crippen LogP) is 4.47. The number of halogens is 1. The molecule has 0 saturated carbocycles. The topological polar surface area (TPSA) is 80.0 Å². The number of ether oxygens (including phenoxy) is 1. The summed E-state index contributed by atoms with van der Waals surface area (Å²) in [5.74, 6) is -0.893. The number of furan rings is 1. The molecule has 0 atom stereocenters. The van der Waals surface area contributed by atoms with Crippen molar-refractivity contribution in [3.63, 3.8) is 0 Å². The van der Waals surface area contributed by atoms with Crippen LogP contribution in [0.1, 0.15) is 21.7 Å². The number of rotatable bonds is 5. The van der Waals surface area contributed by atoms with Crippen LogP contribution >= 0.6 is 12.2 Å². The van der Waals surface area contributed by atoms with Gasteiger partial charge in [0.05, 0.1) is 12.1 Å². The smallest absolute Gasteiger partial charge is 0.335 e. The van der Waals surface area contributed by atoms with Crippen LogP contribution in [0.4, 0.5) is 4.39 Å². The zero-order valence-electron chi connectivity index (χ0n) is 15.4. The fourth-order valence-corrected chi connectivity index (χ4v) is 3.14. The molecule has 1 aliphatic rings. The maximum absolute atomic E-state index is 13.1. The van der Waals surface area contributed by atoms with E-state index in [1.54, 1.807) is 36.4 Å². The third-order valence-corrected chi connectivity index (χ3v) is 4.75. The average Bonchev–Trinajstić information content (AvgIpc) is 3.30. The Bertz CT molecular complexity index is 1160. The van der Waals surface area contributed by atoms with Crippen molar-refractivity contribution in [2.75, 3.05) is 0 Å². The van der Waals surface area contributed by atoms with Gasteiger partial charge < -0.3 is 14.3 Å². The molecule has 1 N–H and O–H groups in total. The lowest BCUT2D eigenvalue weighted by Gasteiger charge is -2.12. The van der Waals surface area contributed by atoms with E-state index in [-0.39, 0.29) is 28.9 Å². The van der Waals surface area contributed by atoms with Crippen LogP contribution in [0.3, 0.4) is 0 Å². The van der Waals surface area contributed by atoms with Crippen molar-refractivity contribution in [3.05, 3.63) is 89.1 Å². The molecular formula is C22H14FNO5S. The number of hydrogen-bond donors (Lipinski definition) is 1. The first-order chi connectivity index (χ1) is 14.4. The molecular weight excluding hydrogens is 409 g/mol. The van der Waals surface area contributed by atoms with E-state index in [0.717, 1.165) is 0 Å². The molecule has 0 aliphatic carbocycles. The van der Waals surface area contributed by atoms with E-state index in [2.05, 4.69) is 0 Å². The molecule has 1 aliphatic heterocycles. The van der Waals surface area contributed by atoms with E-state index in [4.69, 9.17) is 26.5 Å². The number of amides is 1. The molecule has 3 aromatic rings. The third kappa shape index (κ3) is 3.99. The van der Waals surface area contributed by atoms with Crippen LogP contribution in [0.25, 0.3) is 17.4 Å². The summed E-state index contributed by atoms with van der Waals surface area (Å²) in [6.07, 6.45) is 1.44. The summed E-state index contributed by atoms with van der Waals surface area (Å²) in [6.45, 7) is 0.161. The van der Waals surface area contributed by atoms with Gasteiger partial charge in [0.2, 0.25) is 0 Å². The van der Waals surface area contributed by atoms with Gasteiger partial charge >= 0.3 is 5.97 Å². The van der Waals surface area contributed by atoms with Gasteiger partial charge in [-0.15, -0.1) is 0 Å². The van der Waals surface area contributed by atoms with Gasteiger partial charge in [0, 0.05) is 11.6 Å². The van der Waals surface area contributed by atoms with E-state index in [1.807, 2.05) is 0 Å². The molecule has 1 amide bonds. The second kappa shape index (κ2) is 7.92. The van der Waals surface area contributed by atoms with Crippen molar-refractivity contribution in [1.82, 2.24) is 4.90 Å². The minimum atomic E-state index is -1.01. The van der Waals surface area contributed by atoms with Gasteiger partial charge in [-0.2, -0.15) is 0 Å². The Morgan fingerprint density at radius 1 is 1.07 bits per heavy atom. The molecule has 1 aromatic heterocycles. The number of carboxylic acid groups (broad SMARTS) is 1. The number of thiocarbonyl (C=S) groups is 1. The molecule has 2 heterocycles. The van der Waals surface area contributed by atoms with Crippen molar-refractivity contribution in [3.8, 4) is 11.3 Å². The zero-order valence-corrected chi connectivity index (χ0v) is 16.2. The molecule has 1 fully saturated rings. The normalized spacial score (nSPS) is 15.0. The Morgan fingerprint density at radius 3 is 2.43 bits per heavy atom. The van der Waals surface area contributed by atoms with Crippen molar-refractivity contribution in [2.24, 2.45) is 0 Å². The van der Waals surface area contributed by atoms with Gasteiger partial charge in [-0.05, 0) is 54.2 Å². The fourth-order valence-electron chi connectivity index (χ4n) is 2.90. The summed E-state index contributed by atoms with van der Waals surface area (Å²) >= 11 is 5.14. The number of carboxylic acids is 1. The largest absolute Gasteiger partial charge is 0.478 e. The summed E-state index contributed by atoms with van der Waals surface area (Å²) in [5.41, 5.74) is 1.58. The quantitative estimate of drug-likeness (QED) is 0.482. The number of benzene rings is 2. The number of aromatic carboxylic acids is 1. The van der Waals surface area contributed by atoms with Gasteiger partial charge in [-0.25, -0.2) is 9.18 Å². The summed E-state index contributed by atoms with van der Waals surface area (Å²) in [4.78, 5) is 24.9. The summed E-state index contributed by atoms with van der Waals surface area (Å²) < 4.78 is 24.2. The SMILES string of the molecule is O=C(O)c1ccc(-c2ccc(C=C3OC(=S)N(Cc4ccc(F)cc4)C3=O)o2)cc1. The second-order valence-corrected chi connectivity index (χ2v) is 6.83. The van der Waals surface area contributed by atoms with Crippen molar-refractivity contribution in [1.29, 1.82) is 0 Å². The van der Waals surface area contributed by atoms with Gasteiger partial charge in [0.15, 0.2) is 5.76 Å². The highest BCUT2D eigenvalue weighted by Crippen LogP contribution is 2.26. The van der Waals surface area contributed by atoms with Gasteiger partial charge in [-0.1, -0.05) is 24.3 Å². The Hall–Kier alpha value is -3.78. The Labute approximate surface area is 175 Å². The summed E-state index contributed by atoms with van der Waals surface area (Å²) in [7, 11) is 0. The van der Waals surface area contributed by atoms with Crippen LogP contribution in [0.2, 0.25) is 0 Å². The highest BCUT2D eigenvalue weighted by Gasteiger charge is 2.33. The average molecular weight is 423 g/mol. The molecule has 0 bridgehead atoms. The number of carbonyl (C=O) groups is 2. The molecule has 0 spiro atoms. The first-order valence-corrected chi connectivity index (χ1v) is 9.25. The lowest BCUT2D eigenvalue weighted by molar-refractivity contribution is -0.123. The standard InChI is InChI=1S/C22H14FNO5S/c23-16-7-1-13(2-8-16)12-24-20(25)19(29-22(24)30)11-17-9-10-18(28-17)14-3-5-15(6-4-14)21(26)27/h1-11H,12H2,(H,26,27). The monoisotopic (exact) mass is 423 g/mol. The molecule has 0 radical (unpaired) electrons. The maximum Gasteiger partial charge on any atom is 0.335 e. The van der Waals surface area contributed by atoms with Crippen LogP contribution in [-0.4, -0.2) is 27.1 Å². The van der Waals surface area contributed by atoms with Crippen molar-refractivity contribution >= 4 is 35.3 Å². The van der Waals surface area contributed by atoms with Crippen LogP contribution < -0.4 is 0 Å². The predicted molar refractivity (Wildman–Crippen MR) is 110 cm³/mol. The minimum Gasteiger partial charge on any atom is -0.478 e. The van der Waals surface area contributed by atoms with Gasteiger partial charge in [0.25, 0.3) is 11.1 Å². The molecule has 30 heavy (non-hydrogen) atoms. The molecule has 4 rings (SSSR count). The number of carbonyl (C=O) groups excluding carboxylic acids is 1. The van der Waals surface area contributed by atoms with E-state index in [0.29, 0.717) is 22.6 Å². The van der Waals surface area contributed by atoms with E-state index in [9.17, 15) is 14.0 Å². The Morgan fingerprint density at radius 2 is 1.77 bits per heavy atom. The molecule has 6 nitrogen and oxygen atoms in total. The third-order valence-electron chi connectivity index (χ3n) is 4.44. The molecule has 2 aromatic carbocycles. The van der Waals surface area contributed by atoms with E-state index < -0.39 is 11.9 Å². The van der Waals surface area contributed by atoms with Gasteiger partial charge in [0.1, 0.15) is 17.3 Å². The summed E-state index contributed by atoms with van der Waals surface area (Å²) in [5, 5.41) is 8.98. The Balaban J connectivity index is 1.51. The number of hydrogen-bond acceptors (Lipinski definition) is 5. The Kier molecular flexibility index (Phi) is 5.16.